The lowest BCUT2D eigenvalue weighted by atomic mass is 9.79. The Morgan fingerprint density at radius 3 is 2.38 bits per heavy atom. The molecule has 3 aromatic carbocycles. The topological polar surface area (TPSA) is 49.7 Å². The van der Waals surface area contributed by atoms with Gasteiger partial charge in [0.15, 0.2) is 0 Å². The number of hydrogen-bond acceptors (Lipinski definition) is 3. The Kier molecular flexibility index (Phi) is 3.91. The van der Waals surface area contributed by atoms with Gasteiger partial charge in [-0.2, -0.15) is 0 Å². The summed E-state index contributed by atoms with van der Waals surface area (Å²) in [5.74, 6) is 0.487. The quantitative estimate of drug-likeness (QED) is 0.718. The average molecular weight is 278 g/mol. The third kappa shape index (κ3) is 2.91. The molecule has 0 saturated heterocycles. The zero-order chi connectivity index (χ0) is 14.7. The van der Waals surface area contributed by atoms with Crippen molar-refractivity contribution in [3.8, 4) is 5.75 Å². The van der Waals surface area contributed by atoms with Gasteiger partial charge >= 0.3 is 7.12 Å². The average Bonchev–Trinajstić information content (AvgIpc) is 2.53. The zero-order valence-corrected chi connectivity index (χ0v) is 11.4. The molecule has 0 unspecified atom stereocenters. The van der Waals surface area contributed by atoms with Crippen LogP contribution in [-0.4, -0.2) is 17.2 Å². The third-order valence-electron chi connectivity index (χ3n) is 3.46. The van der Waals surface area contributed by atoms with Crippen LogP contribution in [0.3, 0.4) is 0 Å². The number of para-hydroxylation sites is 1. The SMILES string of the molecule is OB(O)c1ccccc1OCc1cccc2ccccc12. The van der Waals surface area contributed by atoms with E-state index in [0.29, 0.717) is 17.8 Å². The van der Waals surface area contributed by atoms with Crippen molar-refractivity contribution >= 4 is 23.4 Å². The maximum Gasteiger partial charge on any atom is 0.492 e. The minimum atomic E-state index is -1.53. The van der Waals surface area contributed by atoms with E-state index in [2.05, 4.69) is 18.2 Å². The van der Waals surface area contributed by atoms with E-state index in [1.165, 1.54) is 0 Å². The van der Waals surface area contributed by atoms with Gasteiger partial charge in [-0.3, -0.25) is 0 Å². The second kappa shape index (κ2) is 6.00. The summed E-state index contributed by atoms with van der Waals surface area (Å²) in [7, 11) is -1.53. The Morgan fingerprint density at radius 2 is 1.52 bits per heavy atom. The molecule has 0 aliphatic carbocycles. The molecule has 4 heteroatoms. The molecule has 3 nitrogen and oxygen atoms in total. The second-order valence-electron chi connectivity index (χ2n) is 4.84. The van der Waals surface area contributed by atoms with Crippen molar-refractivity contribution < 1.29 is 14.8 Å². The van der Waals surface area contributed by atoms with Crippen molar-refractivity contribution in [2.75, 3.05) is 0 Å². The van der Waals surface area contributed by atoms with Crippen LogP contribution in [0.1, 0.15) is 5.56 Å². The lowest BCUT2D eigenvalue weighted by Gasteiger charge is -2.12. The standard InChI is InChI=1S/C17H15BO3/c19-18(20)16-10-3-4-11-17(16)21-12-14-8-5-7-13-6-1-2-9-15(13)14/h1-11,19-20H,12H2. The number of fused-ring (bicyclic) bond motifs is 1. The molecule has 0 saturated carbocycles. The summed E-state index contributed by atoms with van der Waals surface area (Å²) >= 11 is 0. The van der Waals surface area contributed by atoms with Gasteiger partial charge in [0, 0.05) is 5.46 Å². The van der Waals surface area contributed by atoms with Crippen LogP contribution in [0, 0.1) is 0 Å². The van der Waals surface area contributed by atoms with Crippen LogP contribution in [0.15, 0.2) is 66.7 Å². The molecule has 0 aliphatic rings. The monoisotopic (exact) mass is 278 g/mol. The third-order valence-corrected chi connectivity index (χ3v) is 3.46. The highest BCUT2D eigenvalue weighted by atomic mass is 16.5. The lowest BCUT2D eigenvalue weighted by Crippen LogP contribution is -2.31. The minimum Gasteiger partial charge on any atom is -0.489 e. The van der Waals surface area contributed by atoms with Crippen molar-refractivity contribution in [3.63, 3.8) is 0 Å². The van der Waals surface area contributed by atoms with E-state index < -0.39 is 7.12 Å². The van der Waals surface area contributed by atoms with Crippen molar-refractivity contribution in [3.05, 3.63) is 72.3 Å². The second-order valence-corrected chi connectivity index (χ2v) is 4.84. The highest BCUT2D eigenvalue weighted by molar-refractivity contribution is 6.59. The van der Waals surface area contributed by atoms with Crippen LogP contribution in [0.25, 0.3) is 10.8 Å². The lowest BCUT2D eigenvalue weighted by molar-refractivity contribution is 0.308. The van der Waals surface area contributed by atoms with E-state index >= 15 is 0 Å². The summed E-state index contributed by atoms with van der Waals surface area (Å²) < 4.78 is 5.77. The van der Waals surface area contributed by atoms with Gasteiger partial charge in [-0.05, 0) is 22.4 Å². The molecular formula is C17H15BO3. The molecule has 3 aromatic rings. The summed E-state index contributed by atoms with van der Waals surface area (Å²) in [6.07, 6.45) is 0. The first-order chi connectivity index (χ1) is 10.3. The van der Waals surface area contributed by atoms with E-state index in [4.69, 9.17) is 4.74 Å². The zero-order valence-electron chi connectivity index (χ0n) is 11.4. The van der Waals surface area contributed by atoms with Crippen LogP contribution in [0.5, 0.6) is 5.75 Å². The fraction of sp³-hybridized carbons (Fsp3) is 0.0588. The maximum absolute atomic E-state index is 9.35. The predicted molar refractivity (Wildman–Crippen MR) is 84.5 cm³/mol. The molecule has 0 fully saturated rings. The van der Waals surface area contributed by atoms with E-state index in [1.807, 2.05) is 30.3 Å². The minimum absolute atomic E-state index is 0.373. The summed E-state index contributed by atoms with van der Waals surface area (Å²) in [4.78, 5) is 0. The fourth-order valence-corrected chi connectivity index (χ4v) is 2.40. The van der Waals surface area contributed by atoms with E-state index in [1.54, 1.807) is 18.2 Å². The van der Waals surface area contributed by atoms with Gasteiger partial charge in [-0.1, -0.05) is 60.7 Å². The molecular weight excluding hydrogens is 263 g/mol. The number of hydrogen-bond donors (Lipinski definition) is 2. The maximum atomic E-state index is 9.35. The summed E-state index contributed by atoms with van der Waals surface area (Å²) in [5.41, 5.74) is 1.44. The molecule has 0 amide bonds. The molecule has 0 aliphatic heterocycles. The van der Waals surface area contributed by atoms with Gasteiger partial charge in [0.25, 0.3) is 0 Å². The van der Waals surface area contributed by atoms with Gasteiger partial charge in [0.05, 0.1) is 0 Å². The number of rotatable bonds is 4. The van der Waals surface area contributed by atoms with E-state index in [9.17, 15) is 10.0 Å². The first kappa shape index (κ1) is 13.7. The van der Waals surface area contributed by atoms with Gasteiger partial charge in [-0.25, -0.2) is 0 Å². The smallest absolute Gasteiger partial charge is 0.489 e. The Balaban J connectivity index is 1.87. The fourth-order valence-electron chi connectivity index (χ4n) is 2.40. The Hall–Kier alpha value is -2.30. The molecule has 0 bridgehead atoms. The summed E-state index contributed by atoms with van der Waals surface area (Å²) in [6, 6.07) is 21.1. The highest BCUT2D eigenvalue weighted by Crippen LogP contribution is 2.20. The Morgan fingerprint density at radius 1 is 0.810 bits per heavy atom. The first-order valence-electron chi connectivity index (χ1n) is 6.80. The van der Waals surface area contributed by atoms with Crippen LogP contribution in [0.4, 0.5) is 0 Å². The molecule has 0 spiro atoms. The predicted octanol–water partition coefficient (Wildman–Crippen LogP) is 2.10. The molecule has 0 aromatic heterocycles. The Bertz CT molecular complexity index is 750. The largest absolute Gasteiger partial charge is 0.492 e. The van der Waals surface area contributed by atoms with Gasteiger partial charge in [-0.15, -0.1) is 0 Å². The van der Waals surface area contributed by atoms with E-state index in [-0.39, 0.29) is 0 Å². The van der Waals surface area contributed by atoms with Gasteiger partial charge < -0.3 is 14.8 Å². The van der Waals surface area contributed by atoms with Crippen LogP contribution in [-0.2, 0) is 6.61 Å². The number of ether oxygens (including phenoxy) is 1. The highest BCUT2D eigenvalue weighted by Gasteiger charge is 2.16. The first-order valence-corrected chi connectivity index (χ1v) is 6.80. The van der Waals surface area contributed by atoms with Crippen molar-refractivity contribution in [2.24, 2.45) is 0 Å². The molecule has 3 rings (SSSR count). The molecule has 21 heavy (non-hydrogen) atoms. The van der Waals surface area contributed by atoms with Crippen molar-refractivity contribution in [2.45, 2.75) is 6.61 Å². The molecule has 104 valence electrons. The number of benzene rings is 3. The summed E-state index contributed by atoms with van der Waals surface area (Å²) in [6.45, 7) is 0.380. The normalized spacial score (nSPS) is 10.6. The van der Waals surface area contributed by atoms with Crippen molar-refractivity contribution in [1.29, 1.82) is 0 Å². The molecule has 2 N–H and O–H groups in total. The molecule has 0 atom stereocenters. The molecule has 0 heterocycles. The van der Waals surface area contributed by atoms with Gasteiger partial charge in [0.2, 0.25) is 0 Å². The van der Waals surface area contributed by atoms with Crippen molar-refractivity contribution in [1.82, 2.24) is 0 Å². The van der Waals surface area contributed by atoms with Gasteiger partial charge in [0.1, 0.15) is 12.4 Å². The van der Waals surface area contributed by atoms with Crippen LogP contribution >= 0.6 is 0 Å². The Labute approximate surface area is 123 Å². The van der Waals surface area contributed by atoms with E-state index in [0.717, 1.165) is 16.3 Å². The summed E-state index contributed by atoms with van der Waals surface area (Å²) in [5, 5.41) is 21.0. The van der Waals surface area contributed by atoms with Crippen LogP contribution < -0.4 is 10.2 Å². The molecule has 0 radical (unpaired) electrons. The van der Waals surface area contributed by atoms with Crippen LogP contribution in [0.2, 0.25) is 0 Å².